The molecule has 0 unspecified atom stereocenters. The second kappa shape index (κ2) is 10.5. The minimum atomic E-state index is 0.224. The lowest BCUT2D eigenvalue weighted by atomic mass is 9.95. The van der Waals surface area contributed by atoms with Crippen molar-refractivity contribution in [3.63, 3.8) is 0 Å². The summed E-state index contributed by atoms with van der Waals surface area (Å²) in [5.74, 6) is 2.01. The Morgan fingerprint density at radius 1 is 0.606 bits per heavy atom. The fourth-order valence-corrected chi connectivity index (χ4v) is 4.22. The van der Waals surface area contributed by atoms with Gasteiger partial charge in [-0.05, 0) is 25.0 Å². The number of hydrogen-bond donors (Lipinski definition) is 2. The summed E-state index contributed by atoms with van der Waals surface area (Å²) in [6.45, 7) is 5.50. The molecule has 0 aliphatic rings. The smallest absolute Gasteiger partial charge is 0.130 e. The summed E-state index contributed by atoms with van der Waals surface area (Å²) in [7, 11) is 0. The first kappa shape index (κ1) is 22.8. The molecule has 4 nitrogen and oxygen atoms in total. The van der Waals surface area contributed by atoms with E-state index in [9.17, 15) is 10.2 Å². The van der Waals surface area contributed by atoms with Crippen LogP contribution in [0, 0.1) is 0 Å². The van der Waals surface area contributed by atoms with Crippen LogP contribution in [-0.4, -0.2) is 23.4 Å². The Morgan fingerprint density at radius 2 is 1.00 bits per heavy atom. The van der Waals surface area contributed by atoms with Crippen molar-refractivity contribution in [1.29, 1.82) is 0 Å². The van der Waals surface area contributed by atoms with Crippen LogP contribution in [0.2, 0.25) is 0 Å². The minimum absolute atomic E-state index is 0.224. The summed E-state index contributed by atoms with van der Waals surface area (Å²) in [5.41, 5.74) is 1.75. The molecule has 172 valence electrons. The number of aromatic hydroxyl groups is 2. The molecular formula is C29H32O4. The third-order valence-corrected chi connectivity index (χ3v) is 5.97. The molecule has 0 heterocycles. The predicted octanol–water partition coefficient (Wildman–Crippen LogP) is 7.35. The number of ether oxygens (including phenoxy) is 2. The molecule has 4 aromatic rings. The van der Waals surface area contributed by atoms with Crippen LogP contribution in [0.25, 0.3) is 21.5 Å². The van der Waals surface area contributed by atoms with Gasteiger partial charge in [0.25, 0.3) is 0 Å². The third-order valence-electron chi connectivity index (χ3n) is 5.97. The van der Waals surface area contributed by atoms with Gasteiger partial charge in [-0.15, -0.1) is 0 Å². The van der Waals surface area contributed by atoms with Gasteiger partial charge in [-0.3, -0.25) is 0 Å². The van der Waals surface area contributed by atoms with Gasteiger partial charge in [-0.25, -0.2) is 0 Å². The minimum Gasteiger partial charge on any atom is -0.507 e. The third kappa shape index (κ3) is 4.85. The first-order valence-corrected chi connectivity index (χ1v) is 11.9. The summed E-state index contributed by atoms with van der Waals surface area (Å²) in [6.07, 6.45) is 4.46. The van der Waals surface area contributed by atoms with Gasteiger partial charge in [0.15, 0.2) is 0 Å². The largest absolute Gasteiger partial charge is 0.507 e. The molecule has 0 saturated carbocycles. The Bertz CT molecular complexity index is 1150. The van der Waals surface area contributed by atoms with Crippen LogP contribution < -0.4 is 9.47 Å². The summed E-state index contributed by atoms with van der Waals surface area (Å²) in [5, 5.41) is 24.8. The van der Waals surface area contributed by atoms with Gasteiger partial charge in [0.05, 0.1) is 13.2 Å². The van der Waals surface area contributed by atoms with Crippen molar-refractivity contribution in [3.8, 4) is 23.0 Å². The van der Waals surface area contributed by atoms with Crippen LogP contribution in [0.15, 0.2) is 60.7 Å². The Morgan fingerprint density at radius 3 is 1.39 bits per heavy atom. The molecule has 33 heavy (non-hydrogen) atoms. The van der Waals surface area contributed by atoms with Crippen molar-refractivity contribution < 1.29 is 19.7 Å². The first-order chi connectivity index (χ1) is 16.1. The molecule has 2 N–H and O–H groups in total. The highest BCUT2D eigenvalue weighted by Gasteiger charge is 2.18. The molecule has 0 fully saturated rings. The maximum absolute atomic E-state index is 10.8. The number of unbranched alkanes of at least 4 members (excludes halogenated alkanes) is 2. The fourth-order valence-electron chi connectivity index (χ4n) is 4.22. The van der Waals surface area contributed by atoms with Gasteiger partial charge in [0.2, 0.25) is 0 Å². The number of phenols is 2. The van der Waals surface area contributed by atoms with Crippen molar-refractivity contribution in [2.75, 3.05) is 13.2 Å². The van der Waals surface area contributed by atoms with Gasteiger partial charge < -0.3 is 19.7 Å². The van der Waals surface area contributed by atoms with Crippen LogP contribution in [-0.2, 0) is 6.42 Å². The lowest BCUT2D eigenvalue weighted by Crippen LogP contribution is -2.04. The lowest BCUT2D eigenvalue weighted by Gasteiger charge is -2.19. The highest BCUT2D eigenvalue weighted by molar-refractivity contribution is 5.96. The Labute approximate surface area is 195 Å². The average molecular weight is 445 g/mol. The maximum Gasteiger partial charge on any atom is 0.130 e. The summed E-state index contributed by atoms with van der Waals surface area (Å²) in [4.78, 5) is 0. The number of benzene rings is 4. The van der Waals surface area contributed by atoms with E-state index < -0.39 is 0 Å². The fraction of sp³-hybridized carbons (Fsp3) is 0.310. The molecule has 0 saturated heterocycles. The standard InChI is InChI=1S/C29H32O4/c1-3-5-15-32-28-20(18-26(30)22-11-7-9-13-24(22)28)17-21-19-27(31)23-12-8-10-14-25(23)29(21)33-16-6-4-2/h7-14,18-19,30-31H,3-6,15-17H2,1-2H3. The van der Waals surface area contributed by atoms with Crippen LogP contribution in [0.1, 0.15) is 50.7 Å². The second-order valence-corrected chi connectivity index (χ2v) is 8.44. The average Bonchev–Trinajstić information content (AvgIpc) is 2.83. The number of hydrogen-bond acceptors (Lipinski definition) is 4. The van der Waals surface area contributed by atoms with E-state index in [2.05, 4.69) is 13.8 Å². The molecular weight excluding hydrogens is 412 g/mol. The molecule has 4 rings (SSSR count). The number of rotatable bonds is 10. The molecule has 0 aliphatic heterocycles. The molecule has 0 radical (unpaired) electrons. The Balaban J connectivity index is 1.84. The normalized spacial score (nSPS) is 11.2. The molecule has 0 spiro atoms. The van der Waals surface area contributed by atoms with E-state index in [4.69, 9.17) is 9.47 Å². The van der Waals surface area contributed by atoms with Gasteiger partial charge >= 0.3 is 0 Å². The zero-order valence-electron chi connectivity index (χ0n) is 19.4. The van der Waals surface area contributed by atoms with E-state index in [0.29, 0.717) is 19.6 Å². The topological polar surface area (TPSA) is 58.9 Å². The zero-order chi connectivity index (χ0) is 23.2. The molecule has 0 bridgehead atoms. The maximum atomic E-state index is 10.8. The first-order valence-electron chi connectivity index (χ1n) is 11.9. The second-order valence-electron chi connectivity index (χ2n) is 8.44. The lowest BCUT2D eigenvalue weighted by molar-refractivity contribution is 0.306. The van der Waals surface area contributed by atoms with Crippen LogP contribution in [0.4, 0.5) is 0 Å². The highest BCUT2D eigenvalue weighted by atomic mass is 16.5. The summed E-state index contributed by atoms with van der Waals surface area (Å²) < 4.78 is 12.5. The van der Waals surface area contributed by atoms with E-state index in [-0.39, 0.29) is 11.5 Å². The van der Waals surface area contributed by atoms with Gasteiger partial charge in [0.1, 0.15) is 23.0 Å². The number of fused-ring (bicyclic) bond motifs is 2. The van der Waals surface area contributed by atoms with E-state index >= 15 is 0 Å². The van der Waals surface area contributed by atoms with Crippen molar-refractivity contribution in [2.45, 2.75) is 46.0 Å². The zero-order valence-corrected chi connectivity index (χ0v) is 19.4. The van der Waals surface area contributed by atoms with E-state index in [1.807, 2.05) is 48.5 Å². The van der Waals surface area contributed by atoms with E-state index in [0.717, 1.165) is 69.9 Å². The van der Waals surface area contributed by atoms with Crippen LogP contribution >= 0.6 is 0 Å². The summed E-state index contributed by atoms with van der Waals surface area (Å²) >= 11 is 0. The Hall–Kier alpha value is -3.40. The van der Waals surface area contributed by atoms with Crippen LogP contribution in [0.5, 0.6) is 23.0 Å². The van der Waals surface area contributed by atoms with E-state index in [1.165, 1.54) is 0 Å². The molecule has 4 aromatic carbocycles. The number of phenolic OH excluding ortho intramolecular Hbond substituents is 2. The summed E-state index contributed by atoms with van der Waals surface area (Å²) in [6, 6.07) is 19.1. The van der Waals surface area contributed by atoms with Crippen molar-refractivity contribution in [1.82, 2.24) is 0 Å². The monoisotopic (exact) mass is 444 g/mol. The van der Waals surface area contributed by atoms with Crippen LogP contribution in [0.3, 0.4) is 0 Å². The predicted molar refractivity (Wildman–Crippen MR) is 135 cm³/mol. The van der Waals surface area contributed by atoms with E-state index in [1.54, 1.807) is 12.1 Å². The molecule has 0 amide bonds. The highest BCUT2D eigenvalue weighted by Crippen LogP contribution is 2.41. The Kier molecular flexibility index (Phi) is 7.23. The quantitative estimate of drug-likeness (QED) is 0.251. The van der Waals surface area contributed by atoms with Crippen molar-refractivity contribution in [3.05, 3.63) is 71.8 Å². The molecule has 0 atom stereocenters. The van der Waals surface area contributed by atoms with Gasteiger partial charge in [0, 0.05) is 39.1 Å². The van der Waals surface area contributed by atoms with Crippen molar-refractivity contribution in [2.24, 2.45) is 0 Å². The molecule has 4 heteroatoms. The SMILES string of the molecule is CCCCOc1c(Cc2cc(O)c3ccccc3c2OCCCC)cc(O)c2ccccc12. The van der Waals surface area contributed by atoms with Gasteiger partial charge in [-0.2, -0.15) is 0 Å². The van der Waals surface area contributed by atoms with Crippen molar-refractivity contribution >= 4 is 21.5 Å². The van der Waals surface area contributed by atoms with Gasteiger partial charge in [-0.1, -0.05) is 75.2 Å². The molecule has 0 aliphatic carbocycles. The molecule has 0 aromatic heterocycles.